The molecule has 0 N–H and O–H groups in total. The summed E-state index contributed by atoms with van der Waals surface area (Å²) in [5, 5.41) is 0. The van der Waals surface area contributed by atoms with E-state index in [0.717, 1.165) is 0 Å². The van der Waals surface area contributed by atoms with E-state index in [1.807, 2.05) is 4.74 Å². The summed E-state index contributed by atoms with van der Waals surface area (Å²) >= 11 is 0. The molecule has 0 unspecified atom stereocenters. The average molecular weight is 236 g/mol. The van der Waals surface area contributed by atoms with Crippen molar-refractivity contribution in [1.29, 1.82) is 0 Å². The van der Waals surface area contributed by atoms with E-state index in [1.54, 1.807) is 0 Å². The lowest BCUT2D eigenvalue weighted by molar-refractivity contribution is -0.449. The summed E-state index contributed by atoms with van der Waals surface area (Å²) in [7, 11) is 0. The largest absolute Gasteiger partial charge is 0.462 e. The van der Waals surface area contributed by atoms with Gasteiger partial charge in [-0.2, -0.15) is 39.5 Å². The van der Waals surface area contributed by atoms with Crippen LogP contribution in [0, 0.1) is 0 Å². The van der Waals surface area contributed by atoms with E-state index in [4.69, 9.17) is 0 Å². The predicted octanol–water partition coefficient (Wildman–Crippen LogP) is 3.02. The SMILES string of the molecule is FC(F)OC(F)(F)C(F)(F)C(F)(F)F. The summed E-state index contributed by atoms with van der Waals surface area (Å²) in [6.07, 6.45) is -13.0. The zero-order valence-electron chi connectivity index (χ0n) is 5.89. The van der Waals surface area contributed by atoms with E-state index in [2.05, 4.69) is 0 Å². The van der Waals surface area contributed by atoms with Crippen molar-refractivity contribution in [3.05, 3.63) is 0 Å². The van der Waals surface area contributed by atoms with Crippen LogP contribution in [0.2, 0.25) is 0 Å². The first-order valence-corrected chi connectivity index (χ1v) is 2.70. The molecule has 0 aliphatic rings. The molecular weight excluding hydrogens is 235 g/mol. The lowest BCUT2D eigenvalue weighted by atomic mass is 10.3. The Bertz CT molecular complexity index is 193. The van der Waals surface area contributed by atoms with Gasteiger partial charge in [0.05, 0.1) is 0 Å². The van der Waals surface area contributed by atoms with Gasteiger partial charge >= 0.3 is 24.8 Å². The van der Waals surface area contributed by atoms with E-state index in [9.17, 15) is 39.5 Å². The van der Waals surface area contributed by atoms with Gasteiger partial charge in [0.1, 0.15) is 0 Å². The van der Waals surface area contributed by atoms with Gasteiger partial charge in [-0.1, -0.05) is 0 Å². The third kappa shape index (κ3) is 2.42. The Morgan fingerprint density at radius 1 is 0.786 bits per heavy atom. The van der Waals surface area contributed by atoms with Gasteiger partial charge in [-0.15, -0.1) is 0 Å². The summed E-state index contributed by atoms with van der Waals surface area (Å²) in [5.74, 6) is -6.67. The lowest BCUT2D eigenvalue weighted by Gasteiger charge is -2.26. The number of rotatable bonds is 3. The van der Waals surface area contributed by atoms with Crippen LogP contribution in [0.1, 0.15) is 0 Å². The summed E-state index contributed by atoms with van der Waals surface area (Å²) in [6, 6.07) is 0. The monoisotopic (exact) mass is 236 g/mol. The first-order valence-electron chi connectivity index (χ1n) is 2.70. The topological polar surface area (TPSA) is 9.23 Å². The van der Waals surface area contributed by atoms with Crippen LogP contribution < -0.4 is 0 Å². The number of alkyl halides is 9. The van der Waals surface area contributed by atoms with E-state index < -0.39 is 24.8 Å². The van der Waals surface area contributed by atoms with Crippen LogP contribution in [0.3, 0.4) is 0 Å². The molecule has 0 rings (SSSR count). The highest BCUT2D eigenvalue weighted by atomic mass is 19.4. The maximum atomic E-state index is 11.8. The molecule has 86 valence electrons. The second-order valence-corrected chi connectivity index (χ2v) is 1.97. The molecule has 10 heteroatoms. The zero-order chi connectivity index (χ0) is 11.8. The molecule has 0 spiro atoms. The number of ether oxygens (including phenoxy) is 1. The molecule has 0 aliphatic heterocycles. The van der Waals surface area contributed by atoms with E-state index >= 15 is 0 Å². The van der Waals surface area contributed by atoms with Crippen molar-refractivity contribution in [3.8, 4) is 0 Å². The molecule has 0 aromatic rings. The molecule has 14 heavy (non-hydrogen) atoms. The van der Waals surface area contributed by atoms with E-state index in [-0.39, 0.29) is 0 Å². The minimum atomic E-state index is -6.68. The summed E-state index contributed by atoms with van der Waals surface area (Å²) in [5.41, 5.74) is 0. The lowest BCUT2D eigenvalue weighted by Crippen LogP contribution is -2.53. The molecule has 0 aromatic carbocycles. The van der Waals surface area contributed by atoms with E-state index in [1.165, 1.54) is 0 Å². The Morgan fingerprint density at radius 3 is 1.36 bits per heavy atom. The first kappa shape index (κ1) is 13.3. The first-order chi connectivity index (χ1) is 5.92. The van der Waals surface area contributed by atoms with Gasteiger partial charge in [-0.3, -0.25) is 4.74 Å². The van der Waals surface area contributed by atoms with Crippen LogP contribution in [0.5, 0.6) is 0 Å². The normalized spacial score (nSPS) is 15.0. The third-order valence-corrected chi connectivity index (χ3v) is 0.959. The Morgan fingerprint density at radius 2 is 1.14 bits per heavy atom. The third-order valence-electron chi connectivity index (χ3n) is 0.959. The Balaban J connectivity index is 4.88. The second kappa shape index (κ2) is 3.48. The fraction of sp³-hybridized carbons (Fsp3) is 1.00. The molecule has 0 saturated carbocycles. The fourth-order valence-corrected chi connectivity index (χ4v) is 0.351. The van der Waals surface area contributed by atoms with E-state index in [0.29, 0.717) is 0 Å². The van der Waals surface area contributed by atoms with Gasteiger partial charge in [-0.05, 0) is 0 Å². The molecule has 0 radical (unpaired) electrons. The Kier molecular flexibility index (Phi) is 3.31. The van der Waals surface area contributed by atoms with Crippen molar-refractivity contribution in [2.45, 2.75) is 24.8 Å². The van der Waals surface area contributed by atoms with Crippen molar-refractivity contribution in [2.75, 3.05) is 0 Å². The van der Waals surface area contributed by atoms with Crippen molar-refractivity contribution >= 4 is 0 Å². The molecule has 0 aromatic heterocycles. The highest BCUT2D eigenvalue weighted by Gasteiger charge is 2.75. The van der Waals surface area contributed by atoms with Crippen LogP contribution in [-0.4, -0.2) is 24.8 Å². The maximum Gasteiger partial charge on any atom is 0.462 e. The van der Waals surface area contributed by atoms with Gasteiger partial charge in [0.25, 0.3) is 0 Å². The minimum absolute atomic E-state index is 1.89. The summed E-state index contributed by atoms with van der Waals surface area (Å²) in [4.78, 5) is 0. The fourth-order valence-electron chi connectivity index (χ4n) is 0.351. The van der Waals surface area contributed by atoms with Crippen LogP contribution >= 0.6 is 0 Å². The molecule has 0 bridgehead atoms. The van der Waals surface area contributed by atoms with Crippen molar-refractivity contribution in [3.63, 3.8) is 0 Å². The van der Waals surface area contributed by atoms with Crippen LogP contribution in [0.4, 0.5) is 39.5 Å². The quantitative estimate of drug-likeness (QED) is 0.684. The molecule has 0 amide bonds. The molecule has 0 aliphatic carbocycles. The van der Waals surface area contributed by atoms with Gasteiger partial charge in [0.2, 0.25) is 0 Å². The Labute approximate surface area is 70.4 Å². The molecule has 0 atom stereocenters. The van der Waals surface area contributed by atoms with Gasteiger partial charge in [0, 0.05) is 0 Å². The van der Waals surface area contributed by atoms with Crippen LogP contribution in [0.25, 0.3) is 0 Å². The van der Waals surface area contributed by atoms with Gasteiger partial charge in [-0.25, -0.2) is 0 Å². The second-order valence-electron chi connectivity index (χ2n) is 1.97. The van der Waals surface area contributed by atoms with Gasteiger partial charge < -0.3 is 0 Å². The number of hydrogen-bond donors (Lipinski definition) is 0. The summed E-state index contributed by atoms with van der Waals surface area (Å²) in [6.45, 7) is -4.45. The highest BCUT2D eigenvalue weighted by Crippen LogP contribution is 2.47. The Hall–Kier alpha value is -0.670. The number of hydrogen-bond acceptors (Lipinski definition) is 1. The minimum Gasteiger partial charge on any atom is -0.253 e. The molecular formula is C4HF9O. The zero-order valence-corrected chi connectivity index (χ0v) is 5.89. The number of halogens is 9. The maximum absolute atomic E-state index is 11.8. The van der Waals surface area contributed by atoms with Crippen molar-refractivity contribution < 1.29 is 44.3 Å². The highest BCUT2D eigenvalue weighted by molar-refractivity contribution is 4.84. The van der Waals surface area contributed by atoms with Crippen LogP contribution in [-0.2, 0) is 4.74 Å². The summed E-state index contributed by atoms with van der Waals surface area (Å²) < 4.78 is 105. The molecule has 0 saturated heterocycles. The standard InChI is InChI=1S/C4HF9O/c5-1(6)14-4(12,13)2(7,8)3(9,10)11/h1H. The van der Waals surface area contributed by atoms with Crippen molar-refractivity contribution in [1.82, 2.24) is 0 Å². The van der Waals surface area contributed by atoms with Gasteiger partial charge in [0.15, 0.2) is 0 Å². The van der Waals surface area contributed by atoms with Crippen LogP contribution in [0.15, 0.2) is 0 Å². The molecule has 1 nitrogen and oxygen atoms in total. The van der Waals surface area contributed by atoms with Crippen molar-refractivity contribution in [2.24, 2.45) is 0 Å². The smallest absolute Gasteiger partial charge is 0.253 e. The molecule has 0 heterocycles. The molecule has 0 fully saturated rings. The average Bonchev–Trinajstić information content (AvgIpc) is 1.80. The predicted molar refractivity (Wildman–Crippen MR) is 23.0 cm³/mol.